The van der Waals surface area contributed by atoms with Crippen LogP contribution in [-0.2, 0) is 0 Å². The molecule has 0 spiro atoms. The summed E-state index contributed by atoms with van der Waals surface area (Å²) in [5.74, 6) is -1.64. The van der Waals surface area contributed by atoms with Crippen LogP contribution in [0.25, 0.3) is 0 Å². The molecule has 0 radical (unpaired) electrons. The fraction of sp³-hybridized carbons (Fsp3) is 0.286. The van der Waals surface area contributed by atoms with Crippen molar-refractivity contribution < 1.29 is 13.5 Å². The quantitative estimate of drug-likeness (QED) is 0.873. The number of nitrogen functional groups attached to an aromatic ring is 1. The monoisotopic (exact) mass is 279 g/mol. The molecule has 0 aliphatic rings. The highest BCUT2D eigenvalue weighted by Gasteiger charge is 2.13. The van der Waals surface area contributed by atoms with Gasteiger partial charge >= 0.3 is 6.01 Å². The summed E-state index contributed by atoms with van der Waals surface area (Å²) in [5.41, 5.74) is 6.45. The smallest absolute Gasteiger partial charge is 0.322 e. The topological polar surface area (TPSA) is 61.0 Å². The van der Waals surface area contributed by atoms with E-state index in [1.54, 1.807) is 6.92 Å². The highest BCUT2D eigenvalue weighted by atomic mass is 19.1. The second-order valence-corrected chi connectivity index (χ2v) is 4.78. The van der Waals surface area contributed by atoms with E-state index in [2.05, 4.69) is 9.97 Å². The van der Waals surface area contributed by atoms with E-state index in [0.29, 0.717) is 5.69 Å². The Labute approximate surface area is 115 Å². The van der Waals surface area contributed by atoms with Crippen LogP contribution in [0.3, 0.4) is 0 Å². The largest absolute Gasteiger partial charge is 0.421 e. The predicted molar refractivity (Wildman–Crippen MR) is 71.7 cm³/mol. The summed E-state index contributed by atoms with van der Waals surface area (Å²) >= 11 is 0. The molecular formula is C14H15F2N3O. The van der Waals surface area contributed by atoms with Crippen LogP contribution in [-0.4, -0.2) is 9.97 Å². The van der Waals surface area contributed by atoms with Crippen LogP contribution in [0.1, 0.15) is 31.2 Å². The van der Waals surface area contributed by atoms with Crippen LogP contribution in [0, 0.1) is 18.6 Å². The molecule has 0 fully saturated rings. The van der Waals surface area contributed by atoms with Gasteiger partial charge in [0.15, 0.2) is 11.6 Å². The molecule has 2 rings (SSSR count). The Bertz CT molecular complexity index is 645. The standard InChI is InChI=1S/C14H15F2N3O/c1-7(2)12-4-8(3)18-14(19-12)20-13-6-9(15)11(17)5-10(13)16/h4-7H,17H2,1-3H3. The summed E-state index contributed by atoms with van der Waals surface area (Å²) in [7, 11) is 0. The van der Waals surface area contributed by atoms with Crippen LogP contribution < -0.4 is 10.5 Å². The first-order valence-electron chi connectivity index (χ1n) is 6.14. The number of hydrogen-bond acceptors (Lipinski definition) is 4. The van der Waals surface area contributed by atoms with Crippen LogP contribution in [0.15, 0.2) is 18.2 Å². The van der Waals surface area contributed by atoms with Crippen LogP contribution in [0.4, 0.5) is 14.5 Å². The molecule has 4 nitrogen and oxygen atoms in total. The minimum atomic E-state index is -0.764. The molecule has 1 aromatic carbocycles. The maximum absolute atomic E-state index is 13.6. The zero-order valence-corrected chi connectivity index (χ0v) is 11.4. The Kier molecular flexibility index (Phi) is 3.83. The summed E-state index contributed by atoms with van der Waals surface area (Å²) in [4.78, 5) is 8.22. The van der Waals surface area contributed by atoms with Gasteiger partial charge in [-0.15, -0.1) is 0 Å². The van der Waals surface area contributed by atoms with Crippen molar-refractivity contribution in [3.8, 4) is 11.8 Å². The van der Waals surface area contributed by atoms with Crippen molar-refractivity contribution in [3.05, 3.63) is 41.2 Å². The Morgan fingerprint density at radius 1 is 1.10 bits per heavy atom. The molecule has 106 valence electrons. The van der Waals surface area contributed by atoms with E-state index in [1.165, 1.54) is 0 Å². The average molecular weight is 279 g/mol. The third kappa shape index (κ3) is 3.01. The maximum Gasteiger partial charge on any atom is 0.322 e. The number of nitrogens with two attached hydrogens (primary N) is 1. The van der Waals surface area contributed by atoms with E-state index < -0.39 is 11.6 Å². The Hall–Kier alpha value is -2.24. The van der Waals surface area contributed by atoms with Gasteiger partial charge in [-0.2, -0.15) is 4.98 Å². The number of anilines is 1. The average Bonchev–Trinajstić information content (AvgIpc) is 2.35. The lowest BCUT2D eigenvalue weighted by Gasteiger charge is -2.10. The zero-order chi connectivity index (χ0) is 14.9. The second-order valence-electron chi connectivity index (χ2n) is 4.78. The molecule has 2 aromatic rings. The van der Waals surface area contributed by atoms with E-state index >= 15 is 0 Å². The summed E-state index contributed by atoms with van der Waals surface area (Å²) in [6.07, 6.45) is 0. The third-order valence-corrected chi connectivity index (χ3v) is 2.70. The third-order valence-electron chi connectivity index (χ3n) is 2.70. The Morgan fingerprint density at radius 2 is 1.80 bits per heavy atom. The number of hydrogen-bond donors (Lipinski definition) is 1. The van der Waals surface area contributed by atoms with Gasteiger partial charge in [-0.3, -0.25) is 0 Å². The van der Waals surface area contributed by atoms with E-state index in [4.69, 9.17) is 10.5 Å². The fourth-order valence-electron chi connectivity index (χ4n) is 1.63. The molecule has 20 heavy (non-hydrogen) atoms. The number of rotatable bonds is 3. The highest BCUT2D eigenvalue weighted by molar-refractivity contribution is 5.45. The molecule has 1 heterocycles. The van der Waals surface area contributed by atoms with Gasteiger partial charge in [0.25, 0.3) is 0 Å². The van der Waals surface area contributed by atoms with Crippen molar-refractivity contribution in [2.45, 2.75) is 26.7 Å². The van der Waals surface area contributed by atoms with Gasteiger partial charge in [0, 0.05) is 17.8 Å². The van der Waals surface area contributed by atoms with Crippen molar-refractivity contribution in [2.24, 2.45) is 0 Å². The van der Waals surface area contributed by atoms with E-state index in [0.717, 1.165) is 17.8 Å². The van der Waals surface area contributed by atoms with E-state index in [9.17, 15) is 8.78 Å². The minimum absolute atomic E-state index is 0.0169. The van der Waals surface area contributed by atoms with Crippen molar-refractivity contribution in [3.63, 3.8) is 0 Å². The van der Waals surface area contributed by atoms with Gasteiger partial charge in [0.2, 0.25) is 0 Å². The van der Waals surface area contributed by atoms with Crippen LogP contribution in [0.2, 0.25) is 0 Å². The number of aromatic nitrogens is 2. The molecule has 0 saturated heterocycles. The van der Waals surface area contributed by atoms with Gasteiger partial charge in [0.05, 0.1) is 11.4 Å². The first-order valence-corrected chi connectivity index (χ1v) is 6.14. The lowest BCUT2D eigenvalue weighted by molar-refractivity contribution is 0.403. The normalized spacial score (nSPS) is 10.9. The number of aryl methyl sites for hydroxylation is 1. The molecule has 0 aliphatic heterocycles. The summed E-state index contributed by atoms with van der Waals surface area (Å²) in [6.45, 7) is 5.71. The SMILES string of the molecule is Cc1cc(C(C)C)nc(Oc2cc(F)c(N)cc2F)n1. The highest BCUT2D eigenvalue weighted by Crippen LogP contribution is 2.27. The van der Waals surface area contributed by atoms with Crippen molar-refractivity contribution in [1.82, 2.24) is 9.97 Å². The molecular weight excluding hydrogens is 264 g/mol. The van der Waals surface area contributed by atoms with Crippen molar-refractivity contribution in [2.75, 3.05) is 5.73 Å². The molecule has 0 unspecified atom stereocenters. The zero-order valence-electron chi connectivity index (χ0n) is 11.4. The molecule has 0 bridgehead atoms. The van der Waals surface area contributed by atoms with Crippen LogP contribution >= 0.6 is 0 Å². The first-order chi connectivity index (χ1) is 9.36. The molecule has 0 aliphatic carbocycles. The molecule has 1 aromatic heterocycles. The second kappa shape index (κ2) is 5.40. The van der Waals surface area contributed by atoms with Gasteiger partial charge in [-0.1, -0.05) is 13.8 Å². The fourth-order valence-corrected chi connectivity index (χ4v) is 1.63. The van der Waals surface area contributed by atoms with Gasteiger partial charge in [-0.05, 0) is 18.9 Å². The van der Waals surface area contributed by atoms with E-state index in [1.807, 2.05) is 19.9 Å². The molecule has 0 amide bonds. The van der Waals surface area contributed by atoms with E-state index in [-0.39, 0.29) is 23.4 Å². The molecule has 2 N–H and O–H groups in total. The molecule has 0 saturated carbocycles. The molecule has 0 atom stereocenters. The summed E-state index contributed by atoms with van der Waals surface area (Å²) < 4.78 is 32.2. The lowest BCUT2D eigenvalue weighted by Crippen LogP contribution is -2.02. The lowest BCUT2D eigenvalue weighted by atomic mass is 10.1. The minimum Gasteiger partial charge on any atom is -0.421 e. The number of ether oxygens (including phenoxy) is 1. The number of halogens is 2. The number of nitrogens with zero attached hydrogens (tertiary/aromatic N) is 2. The van der Waals surface area contributed by atoms with Crippen molar-refractivity contribution >= 4 is 5.69 Å². The van der Waals surface area contributed by atoms with Crippen molar-refractivity contribution in [1.29, 1.82) is 0 Å². The predicted octanol–water partition coefficient (Wildman–Crippen LogP) is 3.56. The summed E-state index contributed by atoms with van der Waals surface area (Å²) in [5, 5.41) is 0. The summed E-state index contributed by atoms with van der Waals surface area (Å²) in [6, 6.07) is 3.55. The van der Waals surface area contributed by atoms with Gasteiger partial charge in [-0.25, -0.2) is 13.8 Å². The number of benzene rings is 1. The maximum atomic E-state index is 13.6. The Morgan fingerprint density at radius 3 is 2.45 bits per heavy atom. The first kappa shape index (κ1) is 14.2. The van der Waals surface area contributed by atoms with Gasteiger partial charge < -0.3 is 10.5 Å². The Balaban J connectivity index is 2.37. The van der Waals surface area contributed by atoms with Crippen LogP contribution in [0.5, 0.6) is 11.8 Å². The molecule has 6 heteroatoms. The van der Waals surface area contributed by atoms with Gasteiger partial charge in [0.1, 0.15) is 5.82 Å².